The van der Waals surface area contributed by atoms with Crippen LogP contribution in [0.5, 0.6) is 5.75 Å². The summed E-state index contributed by atoms with van der Waals surface area (Å²) in [4.78, 5) is 16.0. The van der Waals surface area contributed by atoms with Gasteiger partial charge in [-0.1, -0.05) is 0 Å². The van der Waals surface area contributed by atoms with E-state index < -0.39 is 0 Å². The molecular formula is C12H13NO4S. The Labute approximate surface area is 109 Å². The summed E-state index contributed by atoms with van der Waals surface area (Å²) in [6, 6.07) is 5.50. The molecule has 0 fully saturated rings. The van der Waals surface area contributed by atoms with Gasteiger partial charge in [0.1, 0.15) is 17.9 Å². The van der Waals surface area contributed by atoms with E-state index >= 15 is 0 Å². The Balaban J connectivity index is 2.10. The van der Waals surface area contributed by atoms with Crippen LogP contribution in [0.25, 0.3) is 11.0 Å². The first-order valence-corrected chi connectivity index (χ1v) is 5.93. The molecule has 0 aliphatic rings. The molecule has 0 bridgehead atoms. The molecule has 1 heterocycles. The topological polar surface area (TPSA) is 60.7 Å². The molecule has 0 aliphatic carbocycles. The standard InChI is InChI=1S/C12H13NO4S/c1-15-9-2-3-11-10(4-9)8(5-16-11)6-17-13-12(14)7-18/h2-5,18H,6-7H2,1H3,(H,13,14). The maximum atomic E-state index is 10.9. The summed E-state index contributed by atoms with van der Waals surface area (Å²) in [6.45, 7) is 0.222. The van der Waals surface area contributed by atoms with Crippen molar-refractivity contribution in [2.24, 2.45) is 0 Å². The van der Waals surface area contributed by atoms with Crippen LogP contribution in [0.3, 0.4) is 0 Å². The monoisotopic (exact) mass is 267 g/mol. The fourth-order valence-electron chi connectivity index (χ4n) is 1.53. The number of rotatable bonds is 5. The van der Waals surface area contributed by atoms with Gasteiger partial charge in [-0.25, -0.2) is 5.48 Å². The van der Waals surface area contributed by atoms with Crippen LogP contribution in [0.1, 0.15) is 5.56 Å². The minimum Gasteiger partial charge on any atom is -0.497 e. The molecule has 1 N–H and O–H groups in total. The number of hydroxylamine groups is 1. The Hall–Kier alpha value is -1.66. The maximum absolute atomic E-state index is 10.9. The number of hydrogen-bond donors (Lipinski definition) is 2. The zero-order chi connectivity index (χ0) is 13.0. The number of benzene rings is 1. The fraction of sp³-hybridized carbons (Fsp3) is 0.250. The minimum atomic E-state index is -0.288. The summed E-state index contributed by atoms with van der Waals surface area (Å²) < 4.78 is 10.5. The highest BCUT2D eigenvalue weighted by atomic mass is 32.1. The molecule has 0 saturated carbocycles. The van der Waals surface area contributed by atoms with Crippen LogP contribution in [0, 0.1) is 0 Å². The third-order valence-corrected chi connectivity index (χ3v) is 2.71. The molecule has 96 valence electrons. The number of carbonyl (C=O) groups is 1. The van der Waals surface area contributed by atoms with Crippen molar-refractivity contribution < 1.29 is 18.8 Å². The Bertz CT molecular complexity index is 552. The van der Waals surface area contributed by atoms with Crippen molar-refractivity contribution in [2.45, 2.75) is 6.61 Å². The molecule has 0 atom stereocenters. The second kappa shape index (κ2) is 5.79. The van der Waals surface area contributed by atoms with Gasteiger partial charge < -0.3 is 9.15 Å². The lowest BCUT2D eigenvalue weighted by atomic mass is 10.2. The van der Waals surface area contributed by atoms with Crippen molar-refractivity contribution in [3.63, 3.8) is 0 Å². The SMILES string of the molecule is COc1ccc2occ(CONC(=O)CS)c2c1. The molecule has 0 radical (unpaired) electrons. The van der Waals surface area contributed by atoms with Crippen LogP contribution in [-0.4, -0.2) is 18.8 Å². The third-order valence-electron chi connectivity index (χ3n) is 2.42. The predicted molar refractivity (Wildman–Crippen MR) is 69.6 cm³/mol. The number of hydrogen-bond acceptors (Lipinski definition) is 5. The minimum absolute atomic E-state index is 0.0833. The largest absolute Gasteiger partial charge is 0.497 e. The number of furan rings is 1. The second-order valence-corrected chi connectivity index (χ2v) is 3.91. The maximum Gasteiger partial charge on any atom is 0.253 e. The Morgan fingerprint density at radius 2 is 2.33 bits per heavy atom. The highest BCUT2D eigenvalue weighted by molar-refractivity contribution is 7.81. The van der Waals surface area contributed by atoms with Gasteiger partial charge in [0, 0.05) is 10.9 Å². The van der Waals surface area contributed by atoms with Crippen molar-refractivity contribution in [3.8, 4) is 5.75 Å². The zero-order valence-corrected chi connectivity index (χ0v) is 10.7. The Kier molecular flexibility index (Phi) is 4.11. The first-order valence-electron chi connectivity index (χ1n) is 5.30. The van der Waals surface area contributed by atoms with E-state index in [4.69, 9.17) is 14.0 Å². The lowest BCUT2D eigenvalue weighted by Crippen LogP contribution is -2.24. The van der Waals surface area contributed by atoms with E-state index in [0.717, 1.165) is 22.3 Å². The number of fused-ring (bicyclic) bond motifs is 1. The molecular weight excluding hydrogens is 254 g/mol. The number of nitrogens with one attached hydrogen (secondary N) is 1. The number of amides is 1. The fourth-order valence-corrected chi connectivity index (χ4v) is 1.59. The highest BCUT2D eigenvalue weighted by Crippen LogP contribution is 2.25. The van der Waals surface area contributed by atoms with E-state index in [1.807, 2.05) is 18.2 Å². The number of carbonyl (C=O) groups excluding carboxylic acids is 1. The van der Waals surface area contributed by atoms with Crippen LogP contribution >= 0.6 is 12.6 Å². The highest BCUT2D eigenvalue weighted by Gasteiger charge is 2.08. The molecule has 0 saturated heterocycles. The summed E-state index contributed by atoms with van der Waals surface area (Å²) in [7, 11) is 1.60. The zero-order valence-electron chi connectivity index (χ0n) is 9.80. The molecule has 0 spiro atoms. The molecule has 5 nitrogen and oxygen atoms in total. The predicted octanol–water partition coefficient (Wildman–Crippen LogP) is 1.92. The average molecular weight is 267 g/mol. The summed E-state index contributed by atoms with van der Waals surface area (Å²) >= 11 is 3.82. The van der Waals surface area contributed by atoms with Gasteiger partial charge in [-0.3, -0.25) is 9.63 Å². The van der Waals surface area contributed by atoms with Gasteiger partial charge in [-0.15, -0.1) is 0 Å². The molecule has 0 aliphatic heterocycles. The summed E-state index contributed by atoms with van der Waals surface area (Å²) in [5.74, 6) is 0.535. The Morgan fingerprint density at radius 3 is 3.06 bits per heavy atom. The van der Waals surface area contributed by atoms with Crippen LogP contribution in [-0.2, 0) is 16.2 Å². The van der Waals surface area contributed by atoms with Crippen molar-refractivity contribution in [2.75, 3.05) is 12.9 Å². The van der Waals surface area contributed by atoms with Crippen molar-refractivity contribution >= 4 is 29.5 Å². The number of ether oxygens (including phenoxy) is 1. The van der Waals surface area contributed by atoms with Crippen molar-refractivity contribution in [3.05, 3.63) is 30.0 Å². The molecule has 0 unspecified atom stereocenters. The quantitative estimate of drug-likeness (QED) is 0.642. The van der Waals surface area contributed by atoms with E-state index in [-0.39, 0.29) is 18.3 Å². The van der Waals surface area contributed by atoms with Gasteiger partial charge in [-0.2, -0.15) is 12.6 Å². The van der Waals surface area contributed by atoms with E-state index in [2.05, 4.69) is 18.1 Å². The first kappa shape index (κ1) is 12.8. The van der Waals surface area contributed by atoms with Crippen molar-refractivity contribution in [1.29, 1.82) is 0 Å². The molecule has 1 aromatic heterocycles. The average Bonchev–Trinajstić information content (AvgIpc) is 2.81. The van der Waals surface area contributed by atoms with Gasteiger partial charge >= 0.3 is 0 Å². The van der Waals surface area contributed by atoms with E-state index in [0.29, 0.717) is 0 Å². The third kappa shape index (κ3) is 2.77. The summed E-state index contributed by atoms with van der Waals surface area (Å²) in [6.07, 6.45) is 1.59. The van der Waals surface area contributed by atoms with Gasteiger partial charge in [-0.05, 0) is 18.2 Å². The second-order valence-electron chi connectivity index (χ2n) is 3.60. The van der Waals surface area contributed by atoms with Crippen LogP contribution in [0.15, 0.2) is 28.9 Å². The molecule has 2 rings (SSSR count). The summed E-state index contributed by atoms with van der Waals surface area (Å²) in [5.41, 5.74) is 3.86. The van der Waals surface area contributed by atoms with Gasteiger partial charge in [0.25, 0.3) is 5.91 Å². The van der Waals surface area contributed by atoms with Crippen LogP contribution < -0.4 is 10.2 Å². The van der Waals surface area contributed by atoms with E-state index in [9.17, 15) is 4.79 Å². The summed E-state index contributed by atoms with van der Waals surface area (Å²) in [5, 5.41) is 0.898. The van der Waals surface area contributed by atoms with E-state index in [1.165, 1.54) is 0 Å². The smallest absolute Gasteiger partial charge is 0.253 e. The normalized spacial score (nSPS) is 10.6. The van der Waals surface area contributed by atoms with Gasteiger partial charge in [0.15, 0.2) is 0 Å². The van der Waals surface area contributed by atoms with E-state index in [1.54, 1.807) is 13.4 Å². The molecule has 2 aromatic rings. The van der Waals surface area contributed by atoms with Gasteiger partial charge in [0.2, 0.25) is 0 Å². The number of methoxy groups -OCH3 is 1. The van der Waals surface area contributed by atoms with Gasteiger partial charge in [0.05, 0.1) is 19.1 Å². The van der Waals surface area contributed by atoms with Crippen LogP contribution in [0.2, 0.25) is 0 Å². The lowest BCUT2D eigenvalue weighted by Gasteiger charge is -2.03. The van der Waals surface area contributed by atoms with Crippen molar-refractivity contribution in [1.82, 2.24) is 5.48 Å². The number of thiol groups is 1. The molecule has 1 amide bonds. The van der Waals surface area contributed by atoms with Crippen LogP contribution in [0.4, 0.5) is 0 Å². The molecule has 18 heavy (non-hydrogen) atoms. The Morgan fingerprint density at radius 1 is 1.50 bits per heavy atom. The molecule has 1 aromatic carbocycles. The first-order chi connectivity index (χ1) is 8.74. The molecule has 6 heteroatoms. The lowest BCUT2D eigenvalue weighted by molar-refractivity contribution is -0.131.